The van der Waals surface area contributed by atoms with Crippen LogP contribution in [0.15, 0.2) is 67.8 Å². The van der Waals surface area contributed by atoms with Crippen LogP contribution in [0.5, 0.6) is 0 Å². The molecule has 2 aromatic carbocycles. The van der Waals surface area contributed by atoms with Crippen LogP contribution in [0.1, 0.15) is 44.9 Å². The number of esters is 1. The molecule has 0 aliphatic carbocycles. The standard InChI is InChI=1S/C34H41BrN2O6/c1-3-5-12-20-42-33(41)27-28-31(39)37(18-10-6-7-11-19-38)30(34(28)22-26(35)29(27)43-34)32(40)36(17-4-2)25-16-15-23-13-8-9-14-24(23)21-25/h3-4,8-9,13-16,21,26-30,38H,1-2,5-7,10-12,17-20,22H2/t26?,27-,28+,29-,30?,34?/m1/s1. The second-order valence-electron chi connectivity index (χ2n) is 11.7. The average molecular weight is 654 g/mol. The van der Waals surface area contributed by atoms with Crippen molar-refractivity contribution >= 4 is 50.2 Å². The molecule has 3 aliphatic rings. The third-order valence-corrected chi connectivity index (χ3v) is 9.87. The van der Waals surface area contributed by atoms with Gasteiger partial charge in [0.15, 0.2) is 0 Å². The Labute approximate surface area is 261 Å². The van der Waals surface area contributed by atoms with E-state index in [9.17, 15) is 19.5 Å². The summed E-state index contributed by atoms with van der Waals surface area (Å²) in [6.45, 7) is 8.60. The summed E-state index contributed by atoms with van der Waals surface area (Å²) in [6.07, 6.45) is 7.71. The van der Waals surface area contributed by atoms with E-state index in [1.807, 2.05) is 42.5 Å². The highest BCUT2D eigenvalue weighted by Gasteiger charge is 2.77. The SMILES string of the molecule is C=CCCCOC(=O)[C@H]1[C@@H]2OC3(CC2Br)C(C(=O)N(CC=C)c2ccc4ccccc4c2)N(CCCCCCO)C(=O)[C@H]13. The Morgan fingerprint density at radius 3 is 2.60 bits per heavy atom. The van der Waals surface area contributed by atoms with Crippen LogP contribution in [0.3, 0.4) is 0 Å². The minimum Gasteiger partial charge on any atom is -0.465 e. The number of rotatable bonds is 15. The van der Waals surface area contributed by atoms with Crippen molar-refractivity contribution in [3.63, 3.8) is 0 Å². The summed E-state index contributed by atoms with van der Waals surface area (Å²) in [7, 11) is 0. The number of likely N-dealkylation sites (tertiary alicyclic amines) is 1. The first kappa shape index (κ1) is 31.4. The predicted molar refractivity (Wildman–Crippen MR) is 170 cm³/mol. The molecule has 2 aromatic rings. The fourth-order valence-electron chi connectivity index (χ4n) is 7.11. The van der Waals surface area contributed by atoms with Crippen molar-refractivity contribution in [1.82, 2.24) is 4.90 Å². The molecule has 8 nitrogen and oxygen atoms in total. The van der Waals surface area contributed by atoms with Gasteiger partial charge >= 0.3 is 5.97 Å². The van der Waals surface area contributed by atoms with E-state index in [-0.39, 0.29) is 36.4 Å². The Hall–Kier alpha value is -3.01. The fraction of sp³-hybridized carbons (Fsp3) is 0.500. The zero-order valence-electron chi connectivity index (χ0n) is 24.5. The maximum Gasteiger partial charge on any atom is 0.312 e. The number of unbranched alkanes of at least 4 members (excludes halogenated alkanes) is 4. The predicted octanol–water partition coefficient (Wildman–Crippen LogP) is 5.17. The highest BCUT2D eigenvalue weighted by atomic mass is 79.9. The summed E-state index contributed by atoms with van der Waals surface area (Å²) in [4.78, 5) is 45.6. The molecule has 1 spiro atoms. The number of nitrogens with zero attached hydrogens (tertiary/aromatic N) is 2. The molecule has 2 amide bonds. The summed E-state index contributed by atoms with van der Waals surface area (Å²) in [5.74, 6) is -2.52. The number of benzene rings is 2. The molecule has 3 heterocycles. The third-order valence-electron chi connectivity index (χ3n) is 9.02. The topological polar surface area (TPSA) is 96.4 Å². The number of ether oxygens (including phenoxy) is 2. The van der Waals surface area contributed by atoms with Gasteiger partial charge in [-0.05, 0) is 55.0 Å². The summed E-state index contributed by atoms with van der Waals surface area (Å²) in [5, 5.41) is 11.3. The van der Waals surface area contributed by atoms with Crippen molar-refractivity contribution in [2.24, 2.45) is 11.8 Å². The summed E-state index contributed by atoms with van der Waals surface area (Å²) in [6, 6.07) is 12.9. The molecule has 3 unspecified atom stereocenters. The van der Waals surface area contributed by atoms with Crippen molar-refractivity contribution < 1.29 is 29.0 Å². The highest BCUT2D eigenvalue weighted by Crippen LogP contribution is 2.60. The number of halogens is 1. The molecule has 0 radical (unpaired) electrons. The second kappa shape index (κ2) is 13.7. The number of carbonyl (C=O) groups excluding carboxylic acids is 3. The monoisotopic (exact) mass is 652 g/mol. The third kappa shape index (κ3) is 5.91. The lowest BCUT2D eigenvalue weighted by atomic mass is 9.70. The lowest BCUT2D eigenvalue weighted by Crippen LogP contribution is -2.57. The number of amides is 2. The molecule has 6 atom stereocenters. The molecule has 0 aromatic heterocycles. The molecular weight excluding hydrogens is 612 g/mol. The molecule has 0 saturated carbocycles. The number of aliphatic hydroxyl groups is 1. The Kier molecular flexibility index (Phi) is 10.0. The van der Waals surface area contributed by atoms with Crippen LogP contribution in [0.25, 0.3) is 10.8 Å². The van der Waals surface area contributed by atoms with Crippen molar-refractivity contribution in [3.8, 4) is 0 Å². The Morgan fingerprint density at radius 1 is 1.09 bits per heavy atom. The van der Waals surface area contributed by atoms with Gasteiger partial charge in [0, 0.05) is 30.2 Å². The van der Waals surface area contributed by atoms with Gasteiger partial charge in [0.2, 0.25) is 5.91 Å². The number of hydrogen-bond acceptors (Lipinski definition) is 6. The quantitative estimate of drug-likeness (QED) is 0.123. The van der Waals surface area contributed by atoms with Crippen LogP contribution in [-0.2, 0) is 23.9 Å². The van der Waals surface area contributed by atoms with E-state index in [1.54, 1.807) is 22.0 Å². The maximum absolute atomic E-state index is 14.7. The minimum absolute atomic E-state index is 0.121. The highest BCUT2D eigenvalue weighted by molar-refractivity contribution is 9.09. The average Bonchev–Trinajstić information content (AvgIpc) is 3.60. The minimum atomic E-state index is -1.15. The second-order valence-corrected chi connectivity index (χ2v) is 12.9. The van der Waals surface area contributed by atoms with Gasteiger partial charge in [-0.3, -0.25) is 14.4 Å². The van der Waals surface area contributed by atoms with Crippen molar-refractivity contribution in [2.75, 3.05) is 31.2 Å². The molecule has 3 saturated heterocycles. The maximum atomic E-state index is 14.7. The summed E-state index contributed by atoms with van der Waals surface area (Å²) in [5.41, 5.74) is -0.445. The lowest BCUT2D eigenvalue weighted by molar-refractivity contribution is -0.155. The van der Waals surface area contributed by atoms with E-state index >= 15 is 0 Å². The first-order valence-corrected chi connectivity index (χ1v) is 16.2. The van der Waals surface area contributed by atoms with Crippen LogP contribution < -0.4 is 4.90 Å². The van der Waals surface area contributed by atoms with E-state index in [1.165, 1.54) is 0 Å². The molecule has 9 heteroatoms. The largest absolute Gasteiger partial charge is 0.465 e. The van der Waals surface area contributed by atoms with Gasteiger partial charge in [0.25, 0.3) is 5.91 Å². The first-order valence-electron chi connectivity index (χ1n) is 15.3. The Morgan fingerprint density at radius 2 is 1.86 bits per heavy atom. The summed E-state index contributed by atoms with van der Waals surface area (Å²) < 4.78 is 12.3. The van der Waals surface area contributed by atoms with Gasteiger partial charge in [-0.25, -0.2) is 0 Å². The smallest absolute Gasteiger partial charge is 0.312 e. The van der Waals surface area contributed by atoms with Gasteiger partial charge in [-0.15, -0.1) is 13.2 Å². The number of alkyl halides is 1. The molecular formula is C34H41BrN2O6. The fourth-order valence-corrected chi connectivity index (χ4v) is 8.05. The molecule has 3 fully saturated rings. The number of allylic oxidation sites excluding steroid dienone is 1. The normalized spacial score (nSPS) is 27.3. The van der Waals surface area contributed by atoms with Gasteiger partial charge in [-0.1, -0.05) is 71.3 Å². The van der Waals surface area contributed by atoms with E-state index in [4.69, 9.17) is 9.47 Å². The van der Waals surface area contributed by atoms with Crippen LogP contribution in [0.4, 0.5) is 5.69 Å². The van der Waals surface area contributed by atoms with Gasteiger partial charge in [0.05, 0.1) is 24.5 Å². The van der Waals surface area contributed by atoms with Crippen molar-refractivity contribution in [2.45, 2.75) is 67.5 Å². The van der Waals surface area contributed by atoms with Crippen LogP contribution >= 0.6 is 15.9 Å². The van der Waals surface area contributed by atoms with E-state index in [0.29, 0.717) is 37.9 Å². The van der Waals surface area contributed by atoms with Crippen LogP contribution in [-0.4, -0.2) is 76.7 Å². The Balaban J connectivity index is 1.50. The van der Waals surface area contributed by atoms with Crippen LogP contribution in [0, 0.1) is 11.8 Å². The molecule has 43 heavy (non-hydrogen) atoms. The van der Waals surface area contributed by atoms with Crippen molar-refractivity contribution in [1.29, 1.82) is 0 Å². The molecule has 3 aliphatic heterocycles. The zero-order valence-corrected chi connectivity index (χ0v) is 26.1. The van der Waals surface area contributed by atoms with E-state index in [0.717, 1.165) is 30.0 Å². The molecule has 230 valence electrons. The van der Waals surface area contributed by atoms with Crippen molar-refractivity contribution in [3.05, 3.63) is 67.8 Å². The number of anilines is 1. The Bertz CT molecular complexity index is 1370. The summed E-state index contributed by atoms with van der Waals surface area (Å²) >= 11 is 3.73. The van der Waals surface area contributed by atoms with E-state index in [2.05, 4.69) is 29.1 Å². The van der Waals surface area contributed by atoms with Crippen LogP contribution in [0.2, 0.25) is 0 Å². The molecule has 1 N–H and O–H groups in total. The molecule has 2 bridgehead atoms. The van der Waals surface area contributed by atoms with E-state index < -0.39 is 35.6 Å². The van der Waals surface area contributed by atoms with Gasteiger partial charge in [0.1, 0.15) is 11.6 Å². The zero-order chi connectivity index (χ0) is 30.6. The van der Waals surface area contributed by atoms with Gasteiger partial charge in [-0.2, -0.15) is 0 Å². The molecule has 5 rings (SSSR count). The first-order chi connectivity index (χ1) is 20.9. The number of carbonyl (C=O) groups is 3. The number of fused-ring (bicyclic) bond motifs is 2. The van der Waals surface area contributed by atoms with Gasteiger partial charge < -0.3 is 24.4 Å². The number of aliphatic hydroxyl groups excluding tert-OH is 1. The lowest BCUT2D eigenvalue weighted by Gasteiger charge is -2.37. The number of hydrogen-bond donors (Lipinski definition) is 1.